The first-order valence-electron chi connectivity index (χ1n) is 5.03. The number of benzene rings is 1. The molecule has 1 aromatic carbocycles. The largest absolute Gasteiger partial charge is 0.478 e. The molecule has 4 nitrogen and oxygen atoms in total. The van der Waals surface area contributed by atoms with E-state index in [0.29, 0.717) is 12.8 Å². The summed E-state index contributed by atoms with van der Waals surface area (Å²) in [6.45, 7) is 0. The molecule has 0 aliphatic heterocycles. The predicted molar refractivity (Wildman–Crippen MR) is 60.4 cm³/mol. The molecule has 4 heteroatoms. The first-order chi connectivity index (χ1) is 7.50. The van der Waals surface area contributed by atoms with Crippen LogP contribution in [-0.2, 0) is 11.2 Å². The van der Waals surface area contributed by atoms with E-state index in [4.69, 9.17) is 5.11 Å². The summed E-state index contributed by atoms with van der Waals surface area (Å²) in [4.78, 5) is 23.6. The summed E-state index contributed by atoms with van der Waals surface area (Å²) in [7, 11) is 3.41. The first kappa shape index (κ1) is 12.2. The molecule has 0 saturated heterocycles. The van der Waals surface area contributed by atoms with Gasteiger partial charge in [0.1, 0.15) is 0 Å². The van der Waals surface area contributed by atoms with E-state index in [9.17, 15) is 9.59 Å². The van der Waals surface area contributed by atoms with Gasteiger partial charge in [0.2, 0.25) is 5.91 Å². The van der Waals surface area contributed by atoms with Gasteiger partial charge < -0.3 is 10.0 Å². The number of rotatable bonds is 4. The third-order valence-electron chi connectivity index (χ3n) is 2.30. The zero-order valence-corrected chi connectivity index (χ0v) is 9.43. The molecule has 0 radical (unpaired) electrons. The highest BCUT2D eigenvalue weighted by atomic mass is 16.4. The van der Waals surface area contributed by atoms with E-state index in [0.717, 1.165) is 5.56 Å². The summed E-state index contributed by atoms with van der Waals surface area (Å²) in [5, 5.41) is 8.80. The molecular formula is C12H15NO3. The SMILES string of the molecule is CN(C)C(=O)CCc1cccc(C(=O)O)c1. The predicted octanol–water partition coefficient (Wildman–Crippen LogP) is 1.41. The molecule has 0 atom stereocenters. The average molecular weight is 221 g/mol. The fourth-order valence-electron chi connectivity index (χ4n) is 1.33. The number of hydrogen-bond donors (Lipinski definition) is 1. The van der Waals surface area contributed by atoms with Crippen molar-refractivity contribution < 1.29 is 14.7 Å². The lowest BCUT2D eigenvalue weighted by molar-refractivity contribution is -0.128. The lowest BCUT2D eigenvalue weighted by atomic mass is 10.1. The number of carbonyl (C=O) groups is 2. The molecule has 0 aliphatic carbocycles. The molecule has 16 heavy (non-hydrogen) atoms. The second-order valence-electron chi connectivity index (χ2n) is 3.79. The lowest BCUT2D eigenvalue weighted by Gasteiger charge is -2.09. The minimum Gasteiger partial charge on any atom is -0.478 e. The monoisotopic (exact) mass is 221 g/mol. The molecule has 0 unspecified atom stereocenters. The minimum absolute atomic E-state index is 0.0423. The molecule has 0 saturated carbocycles. The molecule has 1 amide bonds. The van der Waals surface area contributed by atoms with Crippen molar-refractivity contribution in [2.24, 2.45) is 0 Å². The Hall–Kier alpha value is -1.84. The number of carbonyl (C=O) groups excluding carboxylic acids is 1. The van der Waals surface area contributed by atoms with Gasteiger partial charge in [-0.25, -0.2) is 4.79 Å². The maximum Gasteiger partial charge on any atom is 0.335 e. The highest BCUT2D eigenvalue weighted by Gasteiger charge is 2.06. The number of hydrogen-bond acceptors (Lipinski definition) is 2. The molecular weight excluding hydrogens is 206 g/mol. The number of aromatic carboxylic acids is 1. The zero-order valence-electron chi connectivity index (χ0n) is 9.43. The van der Waals surface area contributed by atoms with Crippen LogP contribution in [0.15, 0.2) is 24.3 Å². The summed E-state index contributed by atoms with van der Waals surface area (Å²) in [6, 6.07) is 6.67. The van der Waals surface area contributed by atoms with Gasteiger partial charge in [-0.2, -0.15) is 0 Å². The highest BCUT2D eigenvalue weighted by molar-refractivity contribution is 5.87. The average Bonchev–Trinajstić information content (AvgIpc) is 2.26. The van der Waals surface area contributed by atoms with Crippen LogP contribution in [0.25, 0.3) is 0 Å². The van der Waals surface area contributed by atoms with Crippen LogP contribution in [0.2, 0.25) is 0 Å². The van der Waals surface area contributed by atoms with Crippen molar-refractivity contribution in [1.29, 1.82) is 0 Å². The lowest BCUT2D eigenvalue weighted by Crippen LogP contribution is -2.21. The first-order valence-corrected chi connectivity index (χ1v) is 5.03. The fourth-order valence-corrected chi connectivity index (χ4v) is 1.33. The van der Waals surface area contributed by atoms with Crippen molar-refractivity contribution in [1.82, 2.24) is 4.90 Å². The van der Waals surface area contributed by atoms with Crippen molar-refractivity contribution in [3.63, 3.8) is 0 Å². The van der Waals surface area contributed by atoms with Crippen LogP contribution in [0.5, 0.6) is 0 Å². The molecule has 1 aromatic rings. The van der Waals surface area contributed by atoms with Gasteiger partial charge >= 0.3 is 5.97 Å². The summed E-state index contributed by atoms with van der Waals surface area (Å²) in [6.07, 6.45) is 0.966. The molecule has 1 rings (SSSR count). The summed E-state index contributed by atoms with van der Waals surface area (Å²) >= 11 is 0. The number of aryl methyl sites for hydroxylation is 1. The molecule has 1 N–H and O–H groups in total. The number of nitrogens with zero attached hydrogens (tertiary/aromatic N) is 1. The standard InChI is InChI=1S/C12H15NO3/c1-13(2)11(14)7-6-9-4-3-5-10(8-9)12(15)16/h3-5,8H,6-7H2,1-2H3,(H,15,16). The van der Waals surface area contributed by atoms with E-state index >= 15 is 0 Å². The van der Waals surface area contributed by atoms with Crippen LogP contribution in [0, 0.1) is 0 Å². The van der Waals surface area contributed by atoms with Crippen LogP contribution in [-0.4, -0.2) is 36.0 Å². The Labute approximate surface area is 94.5 Å². The molecule has 0 heterocycles. The van der Waals surface area contributed by atoms with E-state index in [2.05, 4.69) is 0 Å². The van der Waals surface area contributed by atoms with Gasteiger partial charge in [0, 0.05) is 20.5 Å². The molecule has 0 spiro atoms. The third-order valence-corrected chi connectivity index (χ3v) is 2.30. The molecule has 0 aliphatic rings. The normalized spacial score (nSPS) is 9.88. The van der Waals surface area contributed by atoms with Gasteiger partial charge in [-0.15, -0.1) is 0 Å². The van der Waals surface area contributed by atoms with E-state index in [1.165, 1.54) is 4.90 Å². The topological polar surface area (TPSA) is 57.6 Å². The second kappa shape index (κ2) is 5.30. The van der Waals surface area contributed by atoms with Crippen LogP contribution in [0.3, 0.4) is 0 Å². The quantitative estimate of drug-likeness (QED) is 0.836. The van der Waals surface area contributed by atoms with Crippen LogP contribution in [0.4, 0.5) is 0 Å². The van der Waals surface area contributed by atoms with Gasteiger partial charge in [0.25, 0.3) is 0 Å². The minimum atomic E-state index is -0.944. The summed E-state index contributed by atoms with van der Waals surface area (Å²) < 4.78 is 0. The van der Waals surface area contributed by atoms with Gasteiger partial charge in [0.05, 0.1) is 5.56 Å². The van der Waals surface area contributed by atoms with E-state index in [-0.39, 0.29) is 11.5 Å². The van der Waals surface area contributed by atoms with Crippen molar-refractivity contribution in [3.8, 4) is 0 Å². The highest BCUT2D eigenvalue weighted by Crippen LogP contribution is 2.08. The molecule has 86 valence electrons. The second-order valence-corrected chi connectivity index (χ2v) is 3.79. The van der Waals surface area contributed by atoms with Gasteiger partial charge in [-0.3, -0.25) is 4.79 Å². The van der Waals surface area contributed by atoms with E-state index in [1.54, 1.807) is 32.3 Å². The van der Waals surface area contributed by atoms with Crippen molar-refractivity contribution in [3.05, 3.63) is 35.4 Å². The van der Waals surface area contributed by atoms with Gasteiger partial charge in [-0.1, -0.05) is 12.1 Å². The number of carboxylic acids is 1. The van der Waals surface area contributed by atoms with Crippen molar-refractivity contribution in [2.75, 3.05) is 14.1 Å². The summed E-state index contributed by atoms with van der Waals surface area (Å²) in [5.41, 5.74) is 1.13. The van der Waals surface area contributed by atoms with E-state index in [1.807, 2.05) is 6.07 Å². The van der Waals surface area contributed by atoms with Crippen LogP contribution < -0.4 is 0 Å². The Morgan fingerprint density at radius 1 is 1.31 bits per heavy atom. The van der Waals surface area contributed by atoms with Crippen molar-refractivity contribution >= 4 is 11.9 Å². The number of carboxylic acid groups (broad SMARTS) is 1. The van der Waals surface area contributed by atoms with Crippen molar-refractivity contribution in [2.45, 2.75) is 12.8 Å². The Morgan fingerprint density at radius 2 is 2.00 bits per heavy atom. The Morgan fingerprint density at radius 3 is 2.56 bits per heavy atom. The van der Waals surface area contributed by atoms with E-state index < -0.39 is 5.97 Å². The Bertz CT molecular complexity index is 399. The Kier molecular flexibility index (Phi) is 4.05. The third kappa shape index (κ3) is 3.38. The maximum atomic E-state index is 11.3. The van der Waals surface area contributed by atoms with Gasteiger partial charge in [0.15, 0.2) is 0 Å². The van der Waals surface area contributed by atoms with Crippen LogP contribution >= 0.6 is 0 Å². The molecule has 0 bridgehead atoms. The maximum absolute atomic E-state index is 11.3. The summed E-state index contributed by atoms with van der Waals surface area (Å²) in [5.74, 6) is -0.901. The fraction of sp³-hybridized carbons (Fsp3) is 0.333. The molecule has 0 fully saturated rings. The Balaban J connectivity index is 2.64. The van der Waals surface area contributed by atoms with Gasteiger partial charge in [-0.05, 0) is 24.1 Å². The zero-order chi connectivity index (χ0) is 12.1. The molecule has 0 aromatic heterocycles. The van der Waals surface area contributed by atoms with Crippen LogP contribution in [0.1, 0.15) is 22.3 Å². The number of amides is 1. The smallest absolute Gasteiger partial charge is 0.335 e.